The Balaban J connectivity index is 2.03. The van der Waals surface area contributed by atoms with Gasteiger partial charge in [-0.2, -0.15) is 0 Å². The van der Waals surface area contributed by atoms with Crippen molar-refractivity contribution in [2.24, 2.45) is 0 Å². The van der Waals surface area contributed by atoms with Crippen LogP contribution >= 0.6 is 34.5 Å². The number of carbonyl (C=O) groups excluding carboxylic acids is 4. The molecule has 0 aliphatic rings. The molecule has 0 radical (unpaired) electrons. The molecule has 4 N–H and O–H groups in total. The number of likely N-dealkylation sites (N-methyl/N-ethyl adjacent to an activating group) is 1. The van der Waals surface area contributed by atoms with Crippen molar-refractivity contribution < 1.29 is 19.2 Å². The predicted molar refractivity (Wildman–Crippen MR) is 123 cm³/mol. The molecule has 1 unspecified atom stereocenters. The van der Waals surface area contributed by atoms with Gasteiger partial charge in [0.05, 0.1) is 10.0 Å². The maximum atomic E-state index is 12.7. The zero-order chi connectivity index (χ0) is 23.8. The number of carbonyl (C=O) groups is 4. The lowest BCUT2D eigenvalue weighted by molar-refractivity contribution is -0.136. The minimum Gasteiger partial charge on any atom is -0.347 e. The van der Waals surface area contributed by atoms with Gasteiger partial charge in [-0.25, -0.2) is 4.98 Å². The highest BCUT2D eigenvalue weighted by atomic mass is 35.5. The Hall–Kier alpha value is -2.73. The molecule has 0 saturated carbocycles. The number of anilines is 1. The second kappa shape index (κ2) is 11.8. The number of amides is 4. The topological polar surface area (TPSA) is 133 Å². The first kappa shape index (κ1) is 25.5. The van der Waals surface area contributed by atoms with E-state index in [1.807, 2.05) is 0 Å². The molecule has 2 heterocycles. The van der Waals surface area contributed by atoms with Crippen molar-refractivity contribution in [3.8, 4) is 0 Å². The number of nitrogens with zero attached hydrogens (tertiary/aromatic N) is 2. The first-order valence-electron chi connectivity index (χ1n) is 9.27. The Bertz CT molecular complexity index is 996. The van der Waals surface area contributed by atoms with Crippen LogP contribution in [0.1, 0.15) is 15.2 Å². The fourth-order valence-electron chi connectivity index (χ4n) is 2.48. The van der Waals surface area contributed by atoms with Crippen LogP contribution in [-0.4, -0.2) is 67.2 Å². The Morgan fingerprint density at radius 2 is 1.88 bits per heavy atom. The summed E-state index contributed by atoms with van der Waals surface area (Å²) in [4.78, 5) is 54.8. The summed E-state index contributed by atoms with van der Waals surface area (Å²) < 4.78 is 0. The number of thiophene rings is 1. The number of aromatic nitrogens is 1. The third-order valence-electron chi connectivity index (χ3n) is 4.06. The Morgan fingerprint density at radius 3 is 2.47 bits per heavy atom. The van der Waals surface area contributed by atoms with E-state index in [9.17, 15) is 19.2 Å². The van der Waals surface area contributed by atoms with E-state index in [1.165, 1.54) is 37.3 Å². The van der Waals surface area contributed by atoms with Crippen molar-refractivity contribution in [3.63, 3.8) is 0 Å². The van der Waals surface area contributed by atoms with Crippen molar-refractivity contribution in [2.75, 3.05) is 33.0 Å². The van der Waals surface area contributed by atoms with E-state index in [2.05, 4.69) is 26.3 Å². The summed E-state index contributed by atoms with van der Waals surface area (Å²) in [6.45, 7) is 0.172. The maximum absolute atomic E-state index is 12.7. The van der Waals surface area contributed by atoms with E-state index >= 15 is 0 Å². The van der Waals surface area contributed by atoms with Gasteiger partial charge in [-0.1, -0.05) is 23.2 Å². The van der Waals surface area contributed by atoms with Crippen LogP contribution in [0.2, 0.25) is 10.0 Å². The zero-order valence-electron chi connectivity index (χ0n) is 17.5. The summed E-state index contributed by atoms with van der Waals surface area (Å²) in [5.74, 6) is -2.89. The van der Waals surface area contributed by atoms with E-state index in [4.69, 9.17) is 23.2 Å². The molecule has 172 valence electrons. The molecule has 0 fully saturated rings. The molecule has 32 heavy (non-hydrogen) atoms. The normalized spacial score (nSPS) is 11.4. The average molecular weight is 501 g/mol. The molecule has 1 atom stereocenters. The Labute approximate surface area is 198 Å². The van der Waals surface area contributed by atoms with Gasteiger partial charge in [0, 0.05) is 33.4 Å². The third kappa shape index (κ3) is 6.89. The highest BCUT2D eigenvalue weighted by Crippen LogP contribution is 2.27. The van der Waals surface area contributed by atoms with Gasteiger partial charge in [-0.05, 0) is 30.1 Å². The predicted octanol–water partition coefficient (Wildman–Crippen LogP) is 1.11. The smallest absolute Gasteiger partial charge is 0.314 e. The van der Waals surface area contributed by atoms with Crippen molar-refractivity contribution in [1.82, 2.24) is 25.8 Å². The standard InChI is InChI=1S/C19H22Cl2N6O4S/c1-22-6-10-9-32-15(14(10)21)16(28)25-12(19(31)27(2)3)8-24-17(29)18(30)26-13-5-4-11(20)7-23-13/h4-5,7,9,12,22H,6,8H2,1-3H3,(H,24,29)(H,25,28)(H,23,26,30). The molecule has 0 aromatic carbocycles. The number of halogens is 2. The van der Waals surface area contributed by atoms with Crippen LogP contribution in [0.25, 0.3) is 0 Å². The lowest BCUT2D eigenvalue weighted by Crippen LogP contribution is -2.53. The quantitative estimate of drug-likeness (QED) is 0.401. The molecular weight excluding hydrogens is 479 g/mol. The van der Waals surface area contributed by atoms with Crippen molar-refractivity contribution >= 4 is 64.0 Å². The van der Waals surface area contributed by atoms with Crippen LogP contribution in [0.5, 0.6) is 0 Å². The van der Waals surface area contributed by atoms with Crippen LogP contribution in [0.4, 0.5) is 5.82 Å². The van der Waals surface area contributed by atoms with Gasteiger partial charge in [0.25, 0.3) is 5.91 Å². The van der Waals surface area contributed by atoms with Gasteiger partial charge in [0.1, 0.15) is 16.7 Å². The number of hydrogen-bond acceptors (Lipinski definition) is 7. The lowest BCUT2D eigenvalue weighted by atomic mass is 10.2. The van der Waals surface area contributed by atoms with Crippen LogP contribution in [-0.2, 0) is 20.9 Å². The summed E-state index contributed by atoms with van der Waals surface area (Å²) in [6, 6.07) is 1.81. The van der Waals surface area contributed by atoms with Gasteiger partial charge in [0.2, 0.25) is 5.91 Å². The summed E-state index contributed by atoms with van der Waals surface area (Å²) in [5.41, 5.74) is 0.751. The average Bonchev–Trinajstić information content (AvgIpc) is 3.12. The molecule has 2 aromatic rings. The molecular formula is C19H22Cl2N6O4S. The molecule has 0 saturated heterocycles. The van der Waals surface area contributed by atoms with Gasteiger partial charge >= 0.3 is 11.8 Å². The first-order chi connectivity index (χ1) is 15.1. The van der Waals surface area contributed by atoms with Gasteiger partial charge in [-0.3, -0.25) is 19.2 Å². The van der Waals surface area contributed by atoms with Crippen LogP contribution in [0.15, 0.2) is 23.7 Å². The minimum absolute atomic E-state index is 0.133. The van der Waals surface area contributed by atoms with Gasteiger partial charge in [-0.15, -0.1) is 11.3 Å². The summed E-state index contributed by atoms with van der Waals surface area (Å²) in [7, 11) is 4.76. The van der Waals surface area contributed by atoms with Crippen molar-refractivity contribution in [1.29, 1.82) is 0 Å². The van der Waals surface area contributed by atoms with Crippen molar-refractivity contribution in [3.05, 3.63) is 44.2 Å². The van der Waals surface area contributed by atoms with Gasteiger partial charge in [0.15, 0.2) is 0 Å². The minimum atomic E-state index is -1.12. The summed E-state index contributed by atoms with van der Waals surface area (Å²) >= 11 is 13.1. The number of nitrogens with one attached hydrogen (secondary N) is 4. The fourth-order valence-corrected chi connectivity index (χ4v) is 3.85. The van der Waals surface area contributed by atoms with Gasteiger partial charge < -0.3 is 26.2 Å². The number of hydrogen-bond donors (Lipinski definition) is 4. The molecule has 2 rings (SSSR count). The molecule has 0 bridgehead atoms. The summed E-state index contributed by atoms with van der Waals surface area (Å²) in [5, 5.41) is 12.6. The summed E-state index contributed by atoms with van der Waals surface area (Å²) in [6.07, 6.45) is 1.31. The molecule has 13 heteroatoms. The highest BCUT2D eigenvalue weighted by molar-refractivity contribution is 7.13. The van der Waals surface area contributed by atoms with E-state index in [-0.39, 0.29) is 22.3 Å². The second-order valence-corrected chi connectivity index (χ2v) is 8.41. The Morgan fingerprint density at radius 1 is 1.16 bits per heavy atom. The number of pyridine rings is 1. The maximum Gasteiger partial charge on any atom is 0.314 e. The lowest BCUT2D eigenvalue weighted by Gasteiger charge is -2.22. The first-order valence-corrected chi connectivity index (χ1v) is 10.9. The number of rotatable bonds is 8. The molecule has 0 spiro atoms. The highest BCUT2D eigenvalue weighted by Gasteiger charge is 2.27. The molecule has 0 aliphatic heterocycles. The molecule has 2 aromatic heterocycles. The van der Waals surface area contributed by atoms with Crippen molar-refractivity contribution in [2.45, 2.75) is 12.6 Å². The largest absolute Gasteiger partial charge is 0.347 e. The molecule has 4 amide bonds. The molecule has 0 aliphatic carbocycles. The third-order valence-corrected chi connectivity index (χ3v) is 5.85. The van der Waals surface area contributed by atoms with E-state index in [1.54, 1.807) is 12.4 Å². The molecule has 10 nitrogen and oxygen atoms in total. The van der Waals surface area contributed by atoms with Crippen LogP contribution in [0, 0.1) is 0 Å². The SMILES string of the molecule is CNCc1csc(C(=O)NC(CNC(=O)C(=O)Nc2ccc(Cl)cn2)C(=O)N(C)C)c1Cl. The zero-order valence-corrected chi connectivity index (χ0v) is 19.8. The van der Waals surface area contributed by atoms with E-state index in [0.29, 0.717) is 11.6 Å². The van der Waals surface area contributed by atoms with E-state index in [0.717, 1.165) is 16.9 Å². The fraction of sp³-hybridized carbons (Fsp3) is 0.316. The Kier molecular flexibility index (Phi) is 9.39. The second-order valence-electron chi connectivity index (χ2n) is 6.72. The van der Waals surface area contributed by atoms with E-state index < -0.39 is 29.7 Å². The van der Waals surface area contributed by atoms with Crippen LogP contribution in [0.3, 0.4) is 0 Å². The van der Waals surface area contributed by atoms with Crippen LogP contribution < -0.4 is 21.3 Å². The monoisotopic (exact) mass is 500 g/mol.